The van der Waals surface area contributed by atoms with Gasteiger partial charge in [-0.1, -0.05) is 78.9 Å². The van der Waals surface area contributed by atoms with Crippen molar-refractivity contribution in [1.29, 1.82) is 0 Å². The number of sulfonamides is 1. The largest absolute Gasteiger partial charge is 0.495 e. The van der Waals surface area contributed by atoms with Gasteiger partial charge in [0.15, 0.2) is 0 Å². The number of anilines is 1. The number of carbonyl (C=O) groups is 1. The van der Waals surface area contributed by atoms with Crippen LogP contribution < -0.4 is 10.1 Å². The number of carbonyl (C=O) groups excluding carboxylic acids is 1. The van der Waals surface area contributed by atoms with Gasteiger partial charge in [0.1, 0.15) is 5.75 Å². The fourth-order valence-corrected chi connectivity index (χ4v) is 6.41. The second kappa shape index (κ2) is 11.8. The Balaban J connectivity index is 1.35. The number of amides is 1. The third kappa shape index (κ3) is 5.88. The monoisotopic (exact) mass is 541 g/mol. The van der Waals surface area contributed by atoms with Crippen LogP contribution in [0.3, 0.4) is 0 Å². The first-order valence-corrected chi connectivity index (χ1v) is 14.3. The van der Waals surface area contributed by atoms with Crippen LogP contribution in [0.1, 0.15) is 27.5 Å². The van der Waals surface area contributed by atoms with Gasteiger partial charge in [-0.3, -0.25) is 9.69 Å². The van der Waals surface area contributed by atoms with Gasteiger partial charge in [0.05, 0.1) is 23.7 Å². The lowest BCUT2D eigenvalue weighted by molar-refractivity contribution is 0.102. The van der Waals surface area contributed by atoms with Crippen LogP contribution in [0.5, 0.6) is 5.75 Å². The molecule has 0 spiro atoms. The van der Waals surface area contributed by atoms with E-state index in [1.165, 1.54) is 34.7 Å². The minimum Gasteiger partial charge on any atom is -0.495 e. The molecule has 0 bridgehead atoms. The molecule has 1 N–H and O–H groups in total. The highest BCUT2D eigenvalue weighted by Gasteiger charge is 2.32. The maximum atomic E-state index is 13.7. The molecular formula is C31H31N3O4S. The normalized spacial score (nSPS) is 14.7. The molecule has 0 radical (unpaired) electrons. The molecule has 39 heavy (non-hydrogen) atoms. The van der Waals surface area contributed by atoms with Gasteiger partial charge in [-0.05, 0) is 41.5 Å². The van der Waals surface area contributed by atoms with Crippen LogP contribution in [-0.2, 0) is 10.0 Å². The fraction of sp³-hybridized carbons (Fsp3) is 0.194. The molecule has 1 amide bonds. The Kier molecular flexibility index (Phi) is 8.07. The molecule has 0 saturated carbocycles. The average molecular weight is 542 g/mol. The molecule has 8 heteroatoms. The minimum atomic E-state index is -3.79. The highest BCUT2D eigenvalue weighted by molar-refractivity contribution is 7.89. The Labute approximate surface area is 229 Å². The third-order valence-corrected chi connectivity index (χ3v) is 8.86. The number of hydrogen-bond acceptors (Lipinski definition) is 5. The van der Waals surface area contributed by atoms with Crippen LogP contribution in [0, 0.1) is 0 Å². The molecule has 7 nitrogen and oxygen atoms in total. The smallest absolute Gasteiger partial charge is 0.255 e. The number of piperazine rings is 1. The summed E-state index contributed by atoms with van der Waals surface area (Å²) in [6.45, 7) is 1.88. The van der Waals surface area contributed by atoms with Crippen LogP contribution in [0.15, 0.2) is 114 Å². The van der Waals surface area contributed by atoms with Gasteiger partial charge in [0.2, 0.25) is 10.0 Å². The summed E-state index contributed by atoms with van der Waals surface area (Å²) in [5, 5.41) is 2.80. The first kappa shape index (κ1) is 26.6. The SMILES string of the molecule is COc1ccc(S(=O)(=O)N2CCN(C(c3ccccc3)c3ccccc3)CC2)cc1NC(=O)c1ccccc1. The zero-order chi connectivity index (χ0) is 27.2. The third-order valence-electron chi connectivity index (χ3n) is 6.96. The van der Waals surface area contributed by atoms with E-state index in [1.807, 2.05) is 42.5 Å². The lowest BCUT2D eigenvalue weighted by atomic mass is 9.96. The Hall–Kier alpha value is -3.98. The molecule has 1 saturated heterocycles. The molecule has 1 heterocycles. The predicted octanol–water partition coefficient (Wildman–Crippen LogP) is 5.04. The Morgan fingerprint density at radius 3 is 1.85 bits per heavy atom. The van der Waals surface area contributed by atoms with Crippen molar-refractivity contribution in [3.63, 3.8) is 0 Å². The van der Waals surface area contributed by atoms with Gasteiger partial charge in [0, 0.05) is 31.7 Å². The molecule has 0 aliphatic carbocycles. The first-order valence-electron chi connectivity index (χ1n) is 12.9. The first-order chi connectivity index (χ1) is 19.0. The molecule has 0 atom stereocenters. The van der Waals surface area contributed by atoms with E-state index >= 15 is 0 Å². The number of benzene rings is 4. The average Bonchev–Trinajstić information content (AvgIpc) is 2.99. The summed E-state index contributed by atoms with van der Waals surface area (Å²) in [6, 6.07) is 34.0. The van der Waals surface area contributed by atoms with Crippen molar-refractivity contribution in [3.8, 4) is 5.75 Å². The highest BCUT2D eigenvalue weighted by atomic mass is 32.2. The van der Waals surface area contributed by atoms with E-state index in [2.05, 4.69) is 34.5 Å². The zero-order valence-electron chi connectivity index (χ0n) is 21.7. The fourth-order valence-electron chi connectivity index (χ4n) is 4.97. The second-order valence-electron chi connectivity index (χ2n) is 9.35. The maximum absolute atomic E-state index is 13.7. The summed E-state index contributed by atoms with van der Waals surface area (Å²) < 4.78 is 34.2. The molecule has 5 rings (SSSR count). The summed E-state index contributed by atoms with van der Waals surface area (Å²) in [4.78, 5) is 15.2. The summed E-state index contributed by atoms with van der Waals surface area (Å²) >= 11 is 0. The summed E-state index contributed by atoms with van der Waals surface area (Å²) in [5.41, 5.74) is 3.12. The van der Waals surface area contributed by atoms with E-state index in [4.69, 9.17) is 4.74 Å². The predicted molar refractivity (Wildman–Crippen MR) is 152 cm³/mol. The Morgan fingerprint density at radius 2 is 1.31 bits per heavy atom. The van der Waals surface area contributed by atoms with Crippen LogP contribution in [0.4, 0.5) is 5.69 Å². The number of ether oxygens (including phenoxy) is 1. The molecule has 4 aromatic rings. The van der Waals surface area contributed by atoms with E-state index in [1.54, 1.807) is 30.3 Å². The van der Waals surface area contributed by atoms with Crippen molar-refractivity contribution in [2.75, 3.05) is 38.6 Å². The van der Waals surface area contributed by atoms with Crippen LogP contribution in [-0.4, -0.2) is 56.8 Å². The quantitative estimate of drug-likeness (QED) is 0.338. The Bertz CT molecular complexity index is 1470. The second-order valence-corrected chi connectivity index (χ2v) is 11.3. The molecule has 4 aromatic carbocycles. The molecule has 1 aliphatic rings. The molecule has 1 aliphatic heterocycles. The summed E-state index contributed by atoms with van der Waals surface area (Å²) in [5.74, 6) is 0.0431. The van der Waals surface area contributed by atoms with Gasteiger partial charge in [-0.2, -0.15) is 4.31 Å². The van der Waals surface area contributed by atoms with Crippen molar-refractivity contribution in [2.24, 2.45) is 0 Å². The molecular weight excluding hydrogens is 510 g/mol. The van der Waals surface area contributed by atoms with Crippen LogP contribution in [0.2, 0.25) is 0 Å². The number of nitrogens with one attached hydrogen (secondary N) is 1. The number of methoxy groups -OCH3 is 1. The highest BCUT2D eigenvalue weighted by Crippen LogP contribution is 2.32. The van der Waals surface area contributed by atoms with Crippen LogP contribution in [0.25, 0.3) is 0 Å². The summed E-state index contributed by atoms with van der Waals surface area (Å²) in [6.07, 6.45) is 0. The molecule has 0 aromatic heterocycles. The van der Waals surface area contributed by atoms with Crippen molar-refractivity contribution < 1.29 is 17.9 Å². The summed E-state index contributed by atoms with van der Waals surface area (Å²) in [7, 11) is -2.31. The maximum Gasteiger partial charge on any atom is 0.255 e. The standard InChI is InChI=1S/C31H31N3O4S/c1-38-29-18-17-27(23-28(29)32-31(35)26-15-9-4-10-16-26)39(36,37)34-21-19-33(20-22-34)30(24-11-5-2-6-12-24)25-13-7-3-8-14-25/h2-18,23,30H,19-22H2,1H3,(H,32,35). The molecule has 200 valence electrons. The lowest BCUT2D eigenvalue weighted by Gasteiger charge is -2.39. The minimum absolute atomic E-state index is 0.0399. The van der Waals surface area contributed by atoms with E-state index in [0.717, 1.165) is 0 Å². The van der Waals surface area contributed by atoms with Crippen LogP contribution >= 0.6 is 0 Å². The van der Waals surface area contributed by atoms with E-state index in [-0.39, 0.29) is 16.8 Å². The van der Waals surface area contributed by atoms with Gasteiger partial charge in [0.25, 0.3) is 5.91 Å². The molecule has 0 unspecified atom stereocenters. The van der Waals surface area contributed by atoms with Crippen molar-refractivity contribution >= 4 is 21.6 Å². The van der Waals surface area contributed by atoms with Gasteiger partial charge in [-0.25, -0.2) is 8.42 Å². The van der Waals surface area contributed by atoms with E-state index in [0.29, 0.717) is 43.2 Å². The van der Waals surface area contributed by atoms with Gasteiger partial charge >= 0.3 is 0 Å². The topological polar surface area (TPSA) is 79.0 Å². The lowest BCUT2D eigenvalue weighted by Crippen LogP contribution is -2.49. The van der Waals surface area contributed by atoms with Gasteiger partial charge < -0.3 is 10.1 Å². The number of rotatable bonds is 8. The van der Waals surface area contributed by atoms with Gasteiger partial charge in [-0.15, -0.1) is 0 Å². The number of hydrogen-bond donors (Lipinski definition) is 1. The zero-order valence-corrected chi connectivity index (χ0v) is 22.6. The molecule has 1 fully saturated rings. The van der Waals surface area contributed by atoms with Crippen molar-refractivity contribution in [3.05, 3.63) is 126 Å². The van der Waals surface area contributed by atoms with Crippen molar-refractivity contribution in [1.82, 2.24) is 9.21 Å². The van der Waals surface area contributed by atoms with E-state index < -0.39 is 10.0 Å². The van der Waals surface area contributed by atoms with E-state index in [9.17, 15) is 13.2 Å². The Morgan fingerprint density at radius 1 is 0.769 bits per heavy atom. The number of nitrogens with zero attached hydrogens (tertiary/aromatic N) is 2. The van der Waals surface area contributed by atoms with Crippen molar-refractivity contribution in [2.45, 2.75) is 10.9 Å².